The number of amidine groups is 1. The number of carbonyl (C=O) groups is 1. The summed E-state index contributed by atoms with van der Waals surface area (Å²) in [4.78, 5) is 19.3. The molecule has 5 heteroatoms. The first-order valence-corrected chi connectivity index (χ1v) is 7.09. The lowest BCUT2D eigenvalue weighted by atomic mass is 9.96. The van der Waals surface area contributed by atoms with Crippen LogP contribution in [0.3, 0.4) is 0 Å². The van der Waals surface area contributed by atoms with Crippen molar-refractivity contribution in [1.29, 1.82) is 0 Å². The van der Waals surface area contributed by atoms with Gasteiger partial charge in [0, 0.05) is 30.1 Å². The van der Waals surface area contributed by atoms with Gasteiger partial charge in [0.1, 0.15) is 0 Å². The Morgan fingerprint density at radius 1 is 1.37 bits per heavy atom. The van der Waals surface area contributed by atoms with Crippen molar-refractivity contribution in [3.8, 4) is 0 Å². The quantitative estimate of drug-likeness (QED) is 0.883. The summed E-state index contributed by atoms with van der Waals surface area (Å²) >= 11 is 1.51. The summed E-state index contributed by atoms with van der Waals surface area (Å²) < 4.78 is 0. The summed E-state index contributed by atoms with van der Waals surface area (Å²) in [5.41, 5.74) is 2.29. The second kappa shape index (κ2) is 4.74. The molecule has 0 radical (unpaired) electrons. The minimum Gasteiger partial charge on any atom is -0.361 e. The van der Waals surface area contributed by atoms with Crippen LogP contribution in [0.15, 0.2) is 35.5 Å². The first-order valence-electron chi connectivity index (χ1n) is 6.21. The first-order chi connectivity index (χ1) is 9.20. The van der Waals surface area contributed by atoms with Gasteiger partial charge in [0.2, 0.25) is 5.91 Å². The molecule has 0 aliphatic carbocycles. The third-order valence-corrected chi connectivity index (χ3v) is 4.88. The monoisotopic (exact) mass is 273 g/mol. The van der Waals surface area contributed by atoms with Crippen LogP contribution in [0.25, 0.3) is 10.9 Å². The van der Waals surface area contributed by atoms with Crippen molar-refractivity contribution in [1.82, 2.24) is 10.3 Å². The first kappa shape index (κ1) is 12.3. The predicted octanol–water partition coefficient (Wildman–Crippen LogP) is 2.49. The molecule has 1 fully saturated rings. The van der Waals surface area contributed by atoms with Crippen molar-refractivity contribution < 1.29 is 4.79 Å². The molecule has 1 amide bonds. The minimum absolute atomic E-state index is 0.0448. The predicted molar refractivity (Wildman–Crippen MR) is 79.6 cm³/mol. The van der Waals surface area contributed by atoms with E-state index in [4.69, 9.17) is 0 Å². The van der Waals surface area contributed by atoms with Crippen LogP contribution in [0.1, 0.15) is 18.4 Å². The number of thioether (sulfide) groups is 1. The maximum Gasteiger partial charge on any atom is 0.240 e. The molecule has 3 rings (SSSR count). The molecule has 4 nitrogen and oxygen atoms in total. The van der Waals surface area contributed by atoms with Gasteiger partial charge in [-0.15, -0.1) is 0 Å². The van der Waals surface area contributed by atoms with Crippen molar-refractivity contribution in [3.05, 3.63) is 36.0 Å². The normalized spacial score (nSPS) is 22.9. The number of nitrogens with one attached hydrogen (secondary N) is 2. The highest BCUT2D eigenvalue weighted by Gasteiger charge is 2.35. The van der Waals surface area contributed by atoms with Crippen molar-refractivity contribution in [3.63, 3.8) is 0 Å². The lowest BCUT2D eigenvalue weighted by Gasteiger charge is -2.14. The highest BCUT2D eigenvalue weighted by molar-refractivity contribution is 8.15. The molecule has 0 unspecified atom stereocenters. The van der Waals surface area contributed by atoms with Gasteiger partial charge in [-0.2, -0.15) is 0 Å². The number of amides is 1. The van der Waals surface area contributed by atoms with Crippen molar-refractivity contribution in [2.24, 2.45) is 4.99 Å². The van der Waals surface area contributed by atoms with Gasteiger partial charge in [-0.1, -0.05) is 36.9 Å². The van der Waals surface area contributed by atoms with E-state index in [0.717, 1.165) is 5.52 Å². The van der Waals surface area contributed by atoms with Gasteiger partial charge < -0.3 is 10.3 Å². The third-order valence-electron chi connectivity index (χ3n) is 3.50. The SMILES string of the molecule is CN=C1NC(=O)[C@@H]([C@H](C)c2c[nH]c3ccccc23)S1. The molecule has 98 valence electrons. The summed E-state index contributed by atoms with van der Waals surface area (Å²) in [6.07, 6.45) is 2.00. The van der Waals surface area contributed by atoms with E-state index in [1.165, 1.54) is 22.7 Å². The van der Waals surface area contributed by atoms with Gasteiger partial charge >= 0.3 is 0 Å². The van der Waals surface area contributed by atoms with Gasteiger partial charge in [-0.3, -0.25) is 9.79 Å². The van der Waals surface area contributed by atoms with Crippen LogP contribution in [0.5, 0.6) is 0 Å². The van der Waals surface area contributed by atoms with E-state index in [-0.39, 0.29) is 17.1 Å². The number of fused-ring (bicyclic) bond motifs is 1. The number of rotatable bonds is 2. The minimum atomic E-state index is -0.113. The average Bonchev–Trinajstić information content (AvgIpc) is 3.01. The van der Waals surface area contributed by atoms with E-state index in [2.05, 4.69) is 28.3 Å². The Kier molecular flexibility index (Phi) is 3.06. The van der Waals surface area contributed by atoms with Crippen LogP contribution in [0.2, 0.25) is 0 Å². The average molecular weight is 273 g/mol. The molecule has 1 aromatic heterocycles. The Morgan fingerprint density at radius 2 is 2.16 bits per heavy atom. The number of H-pyrrole nitrogens is 1. The van der Waals surface area contributed by atoms with E-state index in [1.807, 2.05) is 24.4 Å². The number of hydrogen-bond acceptors (Lipinski definition) is 3. The van der Waals surface area contributed by atoms with E-state index in [9.17, 15) is 4.79 Å². The van der Waals surface area contributed by atoms with Crippen LogP contribution >= 0.6 is 11.8 Å². The van der Waals surface area contributed by atoms with Crippen molar-refractivity contribution in [2.75, 3.05) is 7.05 Å². The summed E-state index contributed by atoms with van der Waals surface area (Å²) in [7, 11) is 1.70. The second-order valence-electron chi connectivity index (χ2n) is 4.63. The smallest absolute Gasteiger partial charge is 0.240 e. The highest BCUT2D eigenvalue weighted by Crippen LogP contribution is 2.35. The molecule has 19 heavy (non-hydrogen) atoms. The van der Waals surface area contributed by atoms with Crippen LogP contribution in [0, 0.1) is 0 Å². The summed E-state index contributed by atoms with van der Waals surface area (Å²) in [6, 6.07) is 8.16. The fraction of sp³-hybridized carbons (Fsp3) is 0.286. The Balaban J connectivity index is 1.96. The van der Waals surface area contributed by atoms with Crippen LogP contribution in [0.4, 0.5) is 0 Å². The molecule has 2 aromatic rings. The largest absolute Gasteiger partial charge is 0.361 e. The molecule has 2 N–H and O–H groups in total. The Morgan fingerprint density at radius 3 is 2.89 bits per heavy atom. The molecular formula is C14H15N3OS. The van der Waals surface area contributed by atoms with E-state index in [1.54, 1.807) is 7.05 Å². The summed E-state index contributed by atoms with van der Waals surface area (Å²) in [5.74, 6) is 0.184. The maximum absolute atomic E-state index is 12.0. The second-order valence-corrected chi connectivity index (χ2v) is 5.77. The molecule has 1 aromatic carbocycles. The molecular weight excluding hydrogens is 258 g/mol. The van der Waals surface area contributed by atoms with Crippen molar-refractivity contribution in [2.45, 2.75) is 18.1 Å². The molecule has 0 bridgehead atoms. The van der Waals surface area contributed by atoms with E-state index >= 15 is 0 Å². The molecule has 2 heterocycles. The van der Waals surface area contributed by atoms with Crippen molar-refractivity contribution >= 4 is 33.7 Å². The summed E-state index contributed by atoms with van der Waals surface area (Å²) in [6.45, 7) is 2.09. The third kappa shape index (κ3) is 2.04. The molecule has 1 saturated heterocycles. The number of hydrogen-bond donors (Lipinski definition) is 2. The topological polar surface area (TPSA) is 57.2 Å². The zero-order valence-electron chi connectivity index (χ0n) is 10.8. The fourth-order valence-electron chi connectivity index (χ4n) is 2.45. The number of benzene rings is 1. The zero-order valence-corrected chi connectivity index (χ0v) is 11.6. The highest BCUT2D eigenvalue weighted by atomic mass is 32.2. The van der Waals surface area contributed by atoms with Gasteiger partial charge in [0.05, 0.1) is 5.25 Å². The summed E-state index contributed by atoms with van der Waals surface area (Å²) in [5, 5.41) is 4.59. The number of aromatic amines is 1. The fourth-order valence-corrected chi connectivity index (χ4v) is 3.47. The number of aliphatic imine (C=N–C) groups is 1. The molecule has 0 saturated carbocycles. The number of nitrogens with zero attached hydrogens (tertiary/aromatic N) is 1. The molecule has 2 atom stereocenters. The number of para-hydroxylation sites is 1. The molecule has 0 spiro atoms. The Bertz CT molecular complexity index is 662. The van der Waals surface area contributed by atoms with Gasteiger partial charge in [-0.05, 0) is 11.6 Å². The van der Waals surface area contributed by atoms with Crippen LogP contribution < -0.4 is 5.32 Å². The number of aromatic nitrogens is 1. The van der Waals surface area contributed by atoms with Gasteiger partial charge in [-0.25, -0.2) is 0 Å². The lowest BCUT2D eigenvalue weighted by molar-refractivity contribution is -0.119. The molecule has 1 aliphatic rings. The molecule has 1 aliphatic heterocycles. The lowest BCUT2D eigenvalue weighted by Crippen LogP contribution is -2.27. The van der Waals surface area contributed by atoms with Crippen LogP contribution in [-0.4, -0.2) is 28.4 Å². The Labute approximate surface area is 115 Å². The van der Waals surface area contributed by atoms with E-state index in [0.29, 0.717) is 5.17 Å². The Hall–Kier alpha value is -1.75. The van der Waals surface area contributed by atoms with Gasteiger partial charge in [0.15, 0.2) is 5.17 Å². The zero-order chi connectivity index (χ0) is 13.4. The van der Waals surface area contributed by atoms with Gasteiger partial charge in [0.25, 0.3) is 0 Å². The maximum atomic E-state index is 12.0. The van der Waals surface area contributed by atoms with E-state index < -0.39 is 0 Å². The number of carbonyl (C=O) groups excluding carboxylic acids is 1. The van der Waals surface area contributed by atoms with Crippen LogP contribution in [-0.2, 0) is 4.79 Å². The standard InChI is InChI=1S/C14H15N3OS/c1-8(12-13(18)17-14(15-2)19-12)10-7-16-11-6-4-3-5-9(10)11/h3-8,12,16H,1-2H3,(H,15,17,18)/t8-,12-/m1/s1.